The van der Waals surface area contributed by atoms with Crippen molar-refractivity contribution in [3.8, 4) is 22.6 Å². The summed E-state index contributed by atoms with van der Waals surface area (Å²) in [4.78, 5) is 15.8. The van der Waals surface area contributed by atoms with Crippen molar-refractivity contribution in [2.75, 3.05) is 12.0 Å². The van der Waals surface area contributed by atoms with Gasteiger partial charge in [0.25, 0.3) is 5.56 Å². The van der Waals surface area contributed by atoms with E-state index in [1.54, 1.807) is 61.9 Å². The van der Waals surface area contributed by atoms with Gasteiger partial charge in [-0.3, -0.25) is 4.79 Å². The van der Waals surface area contributed by atoms with Crippen molar-refractivity contribution in [2.24, 2.45) is 7.05 Å². The summed E-state index contributed by atoms with van der Waals surface area (Å²) in [6, 6.07) is 13.9. The van der Waals surface area contributed by atoms with E-state index in [-0.39, 0.29) is 5.56 Å². The molecule has 4 N–H and O–H groups in total. The fourth-order valence-corrected chi connectivity index (χ4v) is 3.91. The van der Waals surface area contributed by atoms with Crippen molar-refractivity contribution in [1.82, 2.24) is 9.55 Å². The summed E-state index contributed by atoms with van der Waals surface area (Å²) < 4.78 is 27.9. The lowest BCUT2D eigenvalue weighted by Crippen LogP contribution is -2.16. The fourth-order valence-electron chi connectivity index (χ4n) is 3.24. The first-order chi connectivity index (χ1) is 13.7. The summed E-state index contributed by atoms with van der Waals surface area (Å²) in [7, 11) is -1.27. The second kappa shape index (κ2) is 6.82. The van der Waals surface area contributed by atoms with E-state index in [4.69, 9.17) is 15.3 Å². The Morgan fingerprint density at radius 3 is 2.66 bits per heavy atom. The molecule has 29 heavy (non-hydrogen) atoms. The maximum atomic E-state index is 12.4. The summed E-state index contributed by atoms with van der Waals surface area (Å²) in [5, 5.41) is 0.718. The van der Waals surface area contributed by atoms with Gasteiger partial charge >= 0.3 is 0 Å². The van der Waals surface area contributed by atoms with Crippen molar-refractivity contribution in [1.29, 1.82) is 4.78 Å². The van der Waals surface area contributed by atoms with Crippen molar-refractivity contribution >= 4 is 26.3 Å². The molecule has 0 saturated heterocycles. The largest absolute Gasteiger partial charge is 0.457 e. The highest BCUT2D eigenvalue weighted by molar-refractivity contribution is 7.91. The lowest BCUT2D eigenvalue weighted by atomic mass is 10.0. The van der Waals surface area contributed by atoms with Crippen molar-refractivity contribution in [3.63, 3.8) is 0 Å². The number of hydrogen-bond acceptors (Lipinski definition) is 5. The third-order valence-electron chi connectivity index (χ3n) is 4.67. The Kier molecular flexibility index (Phi) is 4.43. The molecule has 2 heterocycles. The molecule has 4 rings (SSSR count). The van der Waals surface area contributed by atoms with Crippen molar-refractivity contribution in [2.45, 2.75) is 4.90 Å². The maximum Gasteiger partial charge on any atom is 0.274 e. The number of benzene rings is 2. The molecule has 4 aromatic rings. The number of aromatic amines is 1. The summed E-state index contributed by atoms with van der Waals surface area (Å²) in [6.45, 7) is 0. The summed E-state index contributed by atoms with van der Waals surface area (Å²) in [5.74, 6) is 1.06. The first-order valence-electron chi connectivity index (χ1n) is 8.82. The SMILES string of the molecule is Cn1cc(-c2cc(S(C)(=N)=O)ccc2Oc2cccc(N)c2)c2cc[nH]c2c1=O. The van der Waals surface area contributed by atoms with Gasteiger partial charge < -0.3 is 20.0 Å². The van der Waals surface area contributed by atoms with Crippen LogP contribution >= 0.6 is 0 Å². The highest BCUT2D eigenvalue weighted by Crippen LogP contribution is 2.38. The molecule has 7 nitrogen and oxygen atoms in total. The number of nitrogens with one attached hydrogen (secondary N) is 2. The van der Waals surface area contributed by atoms with E-state index in [1.165, 1.54) is 10.8 Å². The molecule has 1 unspecified atom stereocenters. The standard InChI is InChI=1S/C21H20N4O3S/c1-25-12-18(16-8-9-24-20(16)21(25)26)17-11-15(29(2,23)27)6-7-19(17)28-14-5-3-4-13(22)10-14/h3-12,23-24H,22H2,1-2H3. The molecule has 0 radical (unpaired) electrons. The highest BCUT2D eigenvalue weighted by atomic mass is 32.2. The number of aryl methyl sites for hydroxylation is 1. The van der Waals surface area contributed by atoms with Crippen molar-refractivity contribution in [3.05, 3.63) is 71.3 Å². The van der Waals surface area contributed by atoms with Gasteiger partial charge in [0.2, 0.25) is 0 Å². The Morgan fingerprint density at radius 1 is 1.14 bits per heavy atom. The number of pyridine rings is 1. The normalized spacial score (nSPS) is 13.3. The number of anilines is 1. The van der Waals surface area contributed by atoms with E-state index in [9.17, 15) is 9.00 Å². The number of aromatic nitrogens is 2. The van der Waals surface area contributed by atoms with Crippen LogP contribution in [0.15, 0.2) is 70.6 Å². The van der Waals surface area contributed by atoms with Gasteiger partial charge in [0.1, 0.15) is 17.0 Å². The van der Waals surface area contributed by atoms with Gasteiger partial charge in [-0.05, 0) is 36.4 Å². The number of nitrogens with two attached hydrogens (primary N) is 1. The van der Waals surface area contributed by atoms with E-state index >= 15 is 0 Å². The van der Waals surface area contributed by atoms with Gasteiger partial charge in [0, 0.05) is 58.9 Å². The summed E-state index contributed by atoms with van der Waals surface area (Å²) >= 11 is 0. The minimum Gasteiger partial charge on any atom is -0.457 e. The molecule has 0 aliphatic carbocycles. The van der Waals surface area contributed by atoms with E-state index in [0.717, 1.165) is 10.9 Å². The number of hydrogen-bond donors (Lipinski definition) is 3. The first-order valence-corrected chi connectivity index (χ1v) is 10.8. The third-order valence-corrected chi connectivity index (χ3v) is 5.82. The van der Waals surface area contributed by atoms with Crippen LogP contribution in [0.5, 0.6) is 11.5 Å². The van der Waals surface area contributed by atoms with Crippen LogP contribution in [0.1, 0.15) is 0 Å². The molecule has 0 spiro atoms. The summed E-state index contributed by atoms with van der Waals surface area (Å²) in [5.41, 5.74) is 8.10. The molecule has 148 valence electrons. The average Bonchev–Trinajstić information content (AvgIpc) is 3.14. The topological polar surface area (TPSA) is 114 Å². The number of ether oxygens (including phenoxy) is 1. The molecule has 0 aliphatic rings. The number of rotatable bonds is 4. The number of fused-ring (bicyclic) bond motifs is 1. The van der Waals surface area contributed by atoms with Gasteiger partial charge in [0.05, 0.1) is 9.73 Å². The fraction of sp³-hybridized carbons (Fsp3) is 0.0952. The zero-order valence-electron chi connectivity index (χ0n) is 15.9. The number of nitrogens with zero attached hydrogens (tertiary/aromatic N) is 1. The number of H-pyrrole nitrogens is 1. The lowest BCUT2D eigenvalue weighted by molar-refractivity contribution is 0.484. The van der Waals surface area contributed by atoms with Gasteiger partial charge in [-0.25, -0.2) is 8.99 Å². The van der Waals surface area contributed by atoms with Crippen LogP contribution in [-0.4, -0.2) is 20.0 Å². The number of nitrogen functional groups attached to an aromatic ring is 1. The molecule has 0 bridgehead atoms. The zero-order chi connectivity index (χ0) is 20.8. The minimum atomic E-state index is -2.94. The Balaban J connectivity index is 1.99. The minimum absolute atomic E-state index is 0.150. The van der Waals surface area contributed by atoms with Crippen LogP contribution in [0, 0.1) is 4.78 Å². The van der Waals surface area contributed by atoms with Crippen LogP contribution in [0.4, 0.5) is 5.69 Å². The van der Waals surface area contributed by atoms with Gasteiger partial charge in [-0.1, -0.05) is 6.07 Å². The Morgan fingerprint density at radius 2 is 1.93 bits per heavy atom. The van der Waals surface area contributed by atoms with Gasteiger partial charge in [0.15, 0.2) is 0 Å². The first kappa shape index (κ1) is 18.8. The monoisotopic (exact) mass is 408 g/mol. The van der Waals surface area contributed by atoms with Crippen LogP contribution < -0.4 is 16.0 Å². The van der Waals surface area contributed by atoms with Crippen LogP contribution in [-0.2, 0) is 16.8 Å². The quantitative estimate of drug-likeness (QED) is 0.444. The lowest BCUT2D eigenvalue weighted by Gasteiger charge is -2.15. The second-order valence-electron chi connectivity index (χ2n) is 6.90. The average molecular weight is 408 g/mol. The second-order valence-corrected chi connectivity index (χ2v) is 9.06. The molecule has 2 aromatic heterocycles. The zero-order valence-corrected chi connectivity index (χ0v) is 16.7. The molecule has 1 atom stereocenters. The molecule has 0 aliphatic heterocycles. The van der Waals surface area contributed by atoms with Crippen LogP contribution in [0.2, 0.25) is 0 Å². The van der Waals surface area contributed by atoms with E-state index in [1.807, 2.05) is 6.07 Å². The predicted octanol–water partition coefficient (Wildman–Crippen LogP) is 3.94. The molecule has 2 aromatic carbocycles. The molecular weight excluding hydrogens is 388 g/mol. The summed E-state index contributed by atoms with van der Waals surface area (Å²) in [6.07, 6.45) is 4.79. The smallest absolute Gasteiger partial charge is 0.274 e. The van der Waals surface area contributed by atoms with Crippen LogP contribution in [0.25, 0.3) is 22.0 Å². The Bertz CT molecular complexity index is 1400. The molecule has 8 heteroatoms. The molecule has 0 amide bonds. The maximum absolute atomic E-state index is 12.4. The molecule has 0 saturated carbocycles. The van der Waals surface area contributed by atoms with E-state index in [2.05, 4.69) is 4.98 Å². The highest BCUT2D eigenvalue weighted by Gasteiger charge is 2.17. The Labute approximate surface area is 167 Å². The van der Waals surface area contributed by atoms with E-state index < -0.39 is 9.73 Å². The van der Waals surface area contributed by atoms with Gasteiger partial charge in [-0.2, -0.15) is 0 Å². The van der Waals surface area contributed by atoms with Crippen molar-refractivity contribution < 1.29 is 8.95 Å². The Hall–Kier alpha value is -3.52. The van der Waals surface area contributed by atoms with E-state index in [0.29, 0.717) is 33.2 Å². The third kappa shape index (κ3) is 3.50. The molecular formula is C21H20N4O3S. The van der Waals surface area contributed by atoms with Crippen LogP contribution in [0.3, 0.4) is 0 Å². The predicted molar refractivity (Wildman–Crippen MR) is 115 cm³/mol. The van der Waals surface area contributed by atoms with Gasteiger partial charge in [-0.15, -0.1) is 0 Å². The molecule has 0 fully saturated rings.